The molecule has 4 rings (SSSR count). The van der Waals surface area contributed by atoms with E-state index in [-0.39, 0.29) is 18.1 Å². The van der Waals surface area contributed by atoms with Crippen LogP contribution in [0.1, 0.15) is 29.9 Å². The SMILES string of the molecule is Cc1cccc([C@@H](C)Nc2nc(C)nc3ccc(-c4ccn(CC(=O)O)c(=O)c4)cc23)c1. The van der Waals surface area contributed by atoms with Crippen LogP contribution in [0.25, 0.3) is 22.0 Å². The molecule has 32 heavy (non-hydrogen) atoms. The van der Waals surface area contributed by atoms with Crippen LogP contribution in [0.3, 0.4) is 0 Å². The van der Waals surface area contributed by atoms with Crippen LogP contribution in [0.5, 0.6) is 0 Å². The summed E-state index contributed by atoms with van der Waals surface area (Å²) < 4.78 is 1.16. The van der Waals surface area contributed by atoms with E-state index in [1.807, 2.05) is 31.2 Å². The summed E-state index contributed by atoms with van der Waals surface area (Å²) in [4.78, 5) is 32.4. The second kappa shape index (κ2) is 8.63. The van der Waals surface area contributed by atoms with E-state index in [1.165, 1.54) is 17.8 Å². The predicted molar refractivity (Wildman–Crippen MR) is 125 cm³/mol. The minimum Gasteiger partial charge on any atom is -0.480 e. The summed E-state index contributed by atoms with van der Waals surface area (Å²) in [6.07, 6.45) is 1.50. The maximum absolute atomic E-state index is 12.3. The van der Waals surface area contributed by atoms with E-state index in [4.69, 9.17) is 5.11 Å². The molecule has 0 unspecified atom stereocenters. The number of nitrogens with one attached hydrogen (secondary N) is 1. The number of benzene rings is 2. The van der Waals surface area contributed by atoms with Gasteiger partial charge >= 0.3 is 5.97 Å². The first-order valence-corrected chi connectivity index (χ1v) is 10.3. The van der Waals surface area contributed by atoms with E-state index in [0.717, 1.165) is 32.4 Å². The van der Waals surface area contributed by atoms with Gasteiger partial charge in [0.2, 0.25) is 0 Å². The molecule has 0 aliphatic rings. The fourth-order valence-electron chi connectivity index (χ4n) is 3.73. The number of aryl methyl sites for hydroxylation is 2. The smallest absolute Gasteiger partial charge is 0.323 e. The van der Waals surface area contributed by atoms with Gasteiger partial charge < -0.3 is 15.0 Å². The van der Waals surface area contributed by atoms with Crippen molar-refractivity contribution in [2.45, 2.75) is 33.4 Å². The Morgan fingerprint density at radius 2 is 1.84 bits per heavy atom. The number of hydrogen-bond acceptors (Lipinski definition) is 5. The average molecular weight is 428 g/mol. The second-order valence-corrected chi connectivity index (χ2v) is 7.91. The molecular formula is C25H24N4O3. The number of fused-ring (bicyclic) bond motifs is 1. The molecule has 0 radical (unpaired) electrons. The van der Waals surface area contributed by atoms with Crippen molar-refractivity contribution in [3.8, 4) is 11.1 Å². The number of anilines is 1. The highest BCUT2D eigenvalue weighted by Crippen LogP contribution is 2.29. The van der Waals surface area contributed by atoms with Crippen molar-refractivity contribution in [3.05, 3.63) is 88.1 Å². The molecule has 0 saturated heterocycles. The number of aliphatic carboxylic acids is 1. The zero-order valence-electron chi connectivity index (χ0n) is 18.2. The van der Waals surface area contributed by atoms with Crippen molar-refractivity contribution in [1.82, 2.24) is 14.5 Å². The van der Waals surface area contributed by atoms with Crippen molar-refractivity contribution in [3.63, 3.8) is 0 Å². The third kappa shape index (κ3) is 4.51. The maximum atomic E-state index is 12.3. The van der Waals surface area contributed by atoms with E-state index in [2.05, 4.69) is 47.3 Å². The first-order valence-electron chi connectivity index (χ1n) is 10.3. The van der Waals surface area contributed by atoms with Gasteiger partial charge in [-0.2, -0.15) is 0 Å². The van der Waals surface area contributed by atoms with Gasteiger partial charge in [-0.1, -0.05) is 35.9 Å². The topological polar surface area (TPSA) is 97.1 Å². The number of pyridine rings is 1. The summed E-state index contributed by atoms with van der Waals surface area (Å²) in [6.45, 7) is 5.65. The predicted octanol–water partition coefficient (Wildman–Crippen LogP) is 4.33. The summed E-state index contributed by atoms with van der Waals surface area (Å²) in [5, 5.41) is 13.3. The zero-order valence-corrected chi connectivity index (χ0v) is 18.2. The molecule has 2 aromatic heterocycles. The third-order valence-corrected chi connectivity index (χ3v) is 5.34. The number of hydrogen-bond donors (Lipinski definition) is 2. The van der Waals surface area contributed by atoms with E-state index < -0.39 is 5.97 Å². The Morgan fingerprint density at radius 1 is 1.06 bits per heavy atom. The van der Waals surface area contributed by atoms with E-state index in [9.17, 15) is 9.59 Å². The van der Waals surface area contributed by atoms with Crippen LogP contribution in [0, 0.1) is 13.8 Å². The van der Waals surface area contributed by atoms with Crippen LogP contribution in [-0.4, -0.2) is 25.6 Å². The van der Waals surface area contributed by atoms with Crippen molar-refractivity contribution >= 4 is 22.7 Å². The monoisotopic (exact) mass is 428 g/mol. The Labute approximate surface area is 185 Å². The molecule has 0 bridgehead atoms. The largest absolute Gasteiger partial charge is 0.480 e. The van der Waals surface area contributed by atoms with Crippen LogP contribution in [0.2, 0.25) is 0 Å². The van der Waals surface area contributed by atoms with Crippen molar-refractivity contribution < 1.29 is 9.90 Å². The van der Waals surface area contributed by atoms with Gasteiger partial charge in [0.25, 0.3) is 5.56 Å². The Kier molecular flexibility index (Phi) is 5.73. The molecule has 1 atom stereocenters. The number of rotatable bonds is 6. The minimum atomic E-state index is -1.06. The zero-order chi connectivity index (χ0) is 22.8. The van der Waals surface area contributed by atoms with Crippen LogP contribution >= 0.6 is 0 Å². The van der Waals surface area contributed by atoms with Crippen molar-refractivity contribution in [1.29, 1.82) is 0 Å². The van der Waals surface area contributed by atoms with Gasteiger partial charge in [-0.3, -0.25) is 9.59 Å². The van der Waals surface area contributed by atoms with Crippen molar-refractivity contribution in [2.24, 2.45) is 0 Å². The molecule has 0 amide bonds. The van der Waals surface area contributed by atoms with Gasteiger partial charge in [0.15, 0.2) is 0 Å². The fraction of sp³-hybridized carbons (Fsp3) is 0.200. The van der Waals surface area contributed by atoms with Gasteiger partial charge in [-0.05, 0) is 55.7 Å². The lowest BCUT2D eigenvalue weighted by Crippen LogP contribution is -2.22. The molecule has 0 aliphatic heterocycles. The first-order chi connectivity index (χ1) is 15.3. The number of carboxylic acids is 1. The van der Waals surface area contributed by atoms with Crippen molar-refractivity contribution in [2.75, 3.05) is 5.32 Å². The highest BCUT2D eigenvalue weighted by molar-refractivity contribution is 5.92. The quantitative estimate of drug-likeness (QED) is 0.474. The minimum absolute atomic E-state index is 0.0380. The molecule has 2 N–H and O–H groups in total. The van der Waals surface area contributed by atoms with Gasteiger partial charge in [0.05, 0.1) is 5.52 Å². The molecule has 0 aliphatic carbocycles. The average Bonchev–Trinajstić information content (AvgIpc) is 2.74. The van der Waals surface area contributed by atoms with Gasteiger partial charge in [-0.15, -0.1) is 0 Å². The number of carbonyl (C=O) groups is 1. The van der Waals surface area contributed by atoms with E-state index >= 15 is 0 Å². The number of nitrogens with zero attached hydrogens (tertiary/aromatic N) is 3. The van der Waals surface area contributed by atoms with Crippen LogP contribution in [-0.2, 0) is 11.3 Å². The molecular weight excluding hydrogens is 404 g/mol. The Hall–Kier alpha value is -4.00. The van der Waals surface area contributed by atoms with E-state index in [1.54, 1.807) is 6.07 Å². The molecule has 4 aromatic rings. The Bertz CT molecular complexity index is 1380. The third-order valence-electron chi connectivity index (χ3n) is 5.34. The summed E-state index contributed by atoms with van der Waals surface area (Å²) in [7, 11) is 0. The number of carboxylic acid groups (broad SMARTS) is 1. The Balaban J connectivity index is 1.73. The Morgan fingerprint density at radius 3 is 2.56 bits per heavy atom. The molecule has 0 fully saturated rings. The lowest BCUT2D eigenvalue weighted by Gasteiger charge is -2.18. The molecule has 2 aromatic carbocycles. The first kappa shape index (κ1) is 21.2. The van der Waals surface area contributed by atoms with Gasteiger partial charge in [0, 0.05) is 23.7 Å². The highest BCUT2D eigenvalue weighted by atomic mass is 16.4. The summed E-state index contributed by atoms with van der Waals surface area (Å²) in [5.41, 5.74) is 4.33. The fourth-order valence-corrected chi connectivity index (χ4v) is 3.73. The molecule has 0 saturated carbocycles. The molecule has 7 heteroatoms. The molecule has 0 spiro atoms. The molecule has 2 heterocycles. The number of aromatic nitrogens is 3. The van der Waals surface area contributed by atoms with E-state index in [0.29, 0.717) is 11.4 Å². The summed E-state index contributed by atoms with van der Waals surface area (Å²) >= 11 is 0. The lowest BCUT2D eigenvalue weighted by atomic mass is 10.0. The molecule has 7 nitrogen and oxygen atoms in total. The van der Waals surface area contributed by atoms with Gasteiger partial charge in [-0.25, -0.2) is 9.97 Å². The second-order valence-electron chi connectivity index (χ2n) is 7.91. The highest BCUT2D eigenvalue weighted by Gasteiger charge is 2.13. The van der Waals surface area contributed by atoms with Crippen LogP contribution in [0.4, 0.5) is 5.82 Å². The standard InChI is InChI=1S/C25H24N4O3/c1-15-5-4-6-18(11-15)16(2)26-25-21-12-19(7-8-22(21)27-17(3)28-25)20-9-10-29(14-24(31)32)23(30)13-20/h4-13,16H,14H2,1-3H3,(H,31,32)(H,26,27,28)/t16-/m1/s1. The summed E-state index contributed by atoms with van der Waals surface area (Å²) in [5.74, 6) is 0.333. The lowest BCUT2D eigenvalue weighted by molar-refractivity contribution is -0.137. The summed E-state index contributed by atoms with van der Waals surface area (Å²) in [6, 6.07) is 17.3. The van der Waals surface area contributed by atoms with Crippen LogP contribution in [0.15, 0.2) is 65.6 Å². The normalized spacial score (nSPS) is 12.0. The van der Waals surface area contributed by atoms with Gasteiger partial charge in [0.1, 0.15) is 18.2 Å². The van der Waals surface area contributed by atoms with Crippen LogP contribution < -0.4 is 10.9 Å². The molecule has 162 valence electrons. The maximum Gasteiger partial charge on any atom is 0.323 e.